The third-order valence-corrected chi connectivity index (χ3v) is 20.7. The van der Waals surface area contributed by atoms with Crippen LogP contribution in [0.15, 0.2) is 237 Å². The molecule has 81 heavy (non-hydrogen) atoms. The second-order valence-electron chi connectivity index (χ2n) is 24.9. The maximum Gasteiger partial charge on any atom is 0.252 e. The van der Waals surface area contributed by atoms with E-state index in [4.69, 9.17) is 0 Å². The first-order valence-corrected chi connectivity index (χ1v) is 29.8. The molecule has 8 aliphatic rings. The van der Waals surface area contributed by atoms with Crippen molar-refractivity contribution in [3.8, 4) is 77.9 Å². The number of fused-ring (bicyclic) bond motifs is 14. The Hall–Kier alpha value is -8.92. The van der Waals surface area contributed by atoms with Crippen LogP contribution in [0, 0.1) is 37.5 Å². The topological polar surface area (TPSA) is 6.48 Å². The van der Waals surface area contributed by atoms with E-state index in [-0.39, 0.29) is 12.1 Å². The Morgan fingerprint density at radius 2 is 0.815 bits per heavy atom. The quantitative estimate of drug-likeness (QED) is 0.162. The normalized spacial score (nSPS) is 20.4. The lowest BCUT2D eigenvalue weighted by Gasteiger charge is -2.64. The summed E-state index contributed by atoms with van der Waals surface area (Å²) in [6.07, 6.45) is 6.81. The van der Waals surface area contributed by atoms with Crippen LogP contribution in [0.3, 0.4) is 0 Å². The molecule has 0 unspecified atom stereocenters. The summed E-state index contributed by atoms with van der Waals surface area (Å²) in [5, 5.41) is 0. The molecule has 19 rings (SSSR count). The summed E-state index contributed by atoms with van der Waals surface area (Å²) in [4.78, 5) is 5.34. The Kier molecular flexibility index (Phi) is 9.66. The van der Waals surface area contributed by atoms with Crippen LogP contribution in [-0.2, 0) is 5.41 Å². The molecule has 2 nitrogen and oxygen atoms in total. The van der Waals surface area contributed by atoms with Crippen molar-refractivity contribution in [2.75, 3.05) is 9.80 Å². The van der Waals surface area contributed by atoms with Crippen LogP contribution < -0.4 is 26.2 Å². The van der Waals surface area contributed by atoms with Crippen molar-refractivity contribution in [2.45, 2.75) is 51.4 Å². The van der Waals surface area contributed by atoms with Gasteiger partial charge in [-0.1, -0.05) is 199 Å². The molecule has 0 amide bonds. The lowest BCUT2D eigenvalue weighted by Crippen LogP contribution is -2.64. The van der Waals surface area contributed by atoms with E-state index in [9.17, 15) is 0 Å². The molecule has 11 aromatic carbocycles. The van der Waals surface area contributed by atoms with Gasteiger partial charge in [0.2, 0.25) is 0 Å². The highest BCUT2D eigenvalue weighted by molar-refractivity contribution is 7.00. The molecule has 5 aliphatic carbocycles. The number of rotatable bonds is 4. The zero-order valence-corrected chi connectivity index (χ0v) is 45.8. The minimum Gasteiger partial charge on any atom is -0.311 e. The zero-order chi connectivity index (χ0) is 53.2. The predicted molar refractivity (Wildman–Crippen MR) is 339 cm³/mol. The minimum absolute atomic E-state index is 0.00383. The van der Waals surface area contributed by atoms with Gasteiger partial charge in [0.1, 0.15) is 0 Å². The minimum atomic E-state index is -0.0376. The van der Waals surface area contributed by atoms with Gasteiger partial charge in [0, 0.05) is 33.9 Å². The van der Waals surface area contributed by atoms with Gasteiger partial charge in [-0.15, -0.1) is 0 Å². The number of anilines is 6. The Labute approximate surface area is 476 Å². The molecule has 3 heteroatoms. The lowest BCUT2D eigenvalue weighted by molar-refractivity contribution is -0.0418. The third kappa shape index (κ3) is 6.46. The molecular formula is C78H59BN2. The maximum absolute atomic E-state index is 2.75. The van der Waals surface area contributed by atoms with Crippen LogP contribution in [-0.4, -0.2) is 6.71 Å². The van der Waals surface area contributed by atoms with E-state index in [1.807, 2.05) is 0 Å². The molecule has 11 aromatic rings. The first kappa shape index (κ1) is 45.9. The molecule has 4 bridgehead atoms. The highest BCUT2D eigenvalue weighted by Gasteiger charge is 2.63. The number of nitrogens with zero attached hydrogens (tertiary/aromatic N) is 2. The van der Waals surface area contributed by atoms with E-state index in [0.717, 1.165) is 17.5 Å². The van der Waals surface area contributed by atoms with Crippen LogP contribution in [0.2, 0.25) is 0 Å². The van der Waals surface area contributed by atoms with Crippen LogP contribution in [0.1, 0.15) is 54.4 Å². The summed E-state index contributed by atoms with van der Waals surface area (Å²) < 4.78 is 0. The van der Waals surface area contributed by atoms with Gasteiger partial charge in [-0.2, -0.15) is 0 Å². The molecule has 0 N–H and O–H groups in total. The molecule has 3 heterocycles. The molecule has 4 saturated carbocycles. The van der Waals surface area contributed by atoms with E-state index < -0.39 is 0 Å². The first-order chi connectivity index (χ1) is 39.9. The first-order valence-electron chi connectivity index (χ1n) is 29.8. The van der Waals surface area contributed by atoms with E-state index in [0.29, 0.717) is 11.8 Å². The molecule has 384 valence electrons. The Morgan fingerprint density at radius 1 is 0.333 bits per heavy atom. The molecule has 0 atom stereocenters. The Balaban J connectivity index is 0.844. The van der Waals surface area contributed by atoms with Gasteiger partial charge >= 0.3 is 0 Å². The average Bonchev–Trinajstić information content (AvgIpc) is 1.81. The second kappa shape index (κ2) is 17.1. The van der Waals surface area contributed by atoms with Crippen LogP contribution in [0.25, 0.3) is 77.9 Å². The number of benzene rings is 11. The largest absolute Gasteiger partial charge is 0.311 e. The molecule has 1 spiro atoms. The maximum atomic E-state index is 2.75. The number of aryl methyl sites for hydroxylation is 2. The highest BCUT2D eigenvalue weighted by Crippen LogP contribution is 2.70. The predicted octanol–water partition coefficient (Wildman–Crippen LogP) is 18.4. The fourth-order valence-corrected chi connectivity index (χ4v) is 17.7. The molecule has 0 radical (unpaired) electrons. The van der Waals surface area contributed by atoms with Crippen LogP contribution in [0.5, 0.6) is 0 Å². The highest BCUT2D eigenvalue weighted by atomic mass is 15.2. The standard InChI is InChI=1S/C78H59BN2/c1-47-14-11-16-52(36-47)55-31-35-73-70(45-55)79-71-46-56(53-17-12-15-48(2)37-53)44-69-77(71)81(72-25-10-9-24-68(72)78(69)57-39-49-38-50(41-57)42-58(78)40-49)75-27-13-26-74(76(75)79)80(73)59-32-28-51(29-33-59)54-30-34-66-64-22-6-5-20-62(64)60-18-3-4-19-61(60)63-21-7-8-23-65(63)67(66)43-54/h3-37,43-46,49-50,57-58H,38-42H2,1-2H3. The summed E-state index contributed by atoms with van der Waals surface area (Å²) in [5.41, 5.74) is 35.4. The van der Waals surface area contributed by atoms with Gasteiger partial charge in [-0.25, -0.2) is 0 Å². The van der Waals surface area contributed by atoms with Crippen molar-refractivity contribution in [1.82, 2.24) is 0 Å². The summed E-state index contributed by atoms with van der Waals surface area (Å²) in [6.45, 7) is 4.48. The van der Waals surface area contributed by atoms with Crippen molar-refractivity contribution in [3.05, 3.63) is 259 Å². The molecule has 4 fully saturated rings. The van der Waals surface area contributed by atoms with Gasteiger partial charge < -0.3 is 9.80 Å². The fraction of sp³-hybridized carbons (Fsp3) is 0.154. The number of para-hydroxylation sites is 1. The Bertz CT molecular complexity index is 4450. The summed E-state index contributed by atoms with van der Waals surface area (Å²) >= 11 is 0. The summed E-state index contributed by atoms with van der Waals surface area (Å²) in [5.74, 6) is 2.97. The number of hydrogen-bond acceptors (Lipinski definition) is 2. The Morgan fingerprint density at radius 3 is 1.44 bits per heavy atom. The summed E-state index contributed by atoms with van der Waals surface area (Å²) in [6, 6.07) is 91.5. The zero-order valence-electron chi connectivity index (χ0n) is 45.8. The van der Waals surface area contributed by atoms with Gasteiger partial charge in [-0.3, -0.25) is 0 Å². The van der Waals surface area contributed by atoms with Gasteiger partial charge in [0.05, 0.1) is 5.69 Å². The van der Waals surface area contributed by atoms with Gasteiger partial charge in [0.15, 0.2) is 0 Å². The third-order valence-electron chi connectivity index (χ3n) is 20.7. The van der Waals surface area contributed by atoms with E-state index >= 15 is 0 Å². The van der Waals surface area contributed by atoms with Crippen molar-refractivity contribution < 1.29 is 0 Å². The monoisotopic (exact) mass is 1030 g/mol. The van der Waals surface area contributed by atoms with Crippen molar-refractivity contribution in [3.63, 3.8) is 0 Å². The van der Waals surface area contributed by atoms with E-state index in [2.05, 4.69) is 260 Å². The van der Waals surface area contributed by atoms with Crippen molar-refractivity contribution in [2.24, 2.45) is 23.7 Å². The van der Waals surface area contributed by atoms with Crippen LogP contribution >= 0.6 is 0 Å². The fourth-order valence-electron chi connectivity index (χ4n) is 17.7. The van der Waals surface area contributed by atoms with Gasteiger partial charge in [0.25, 0.3) is 6.71 Å². The smallest absolute Gasteiger partial charge is 0.252 e. The second-order valence-corrected chi connectivity index (χ2v) is 24.9. The molecular weight excluding hydrogens is 976 g/mol. The average molecular weight is 1040 g/mol. The van der Waals surface area contributed by atoms with E-state index in [1.54, 1.807) is 11.1 Å². The van der Waals surface area contributed by atoms with Gasteiger partial charge in [-0.05, 0) is 224 Å². The lowest BCUT2D eigenvalue weighted by atomic mass is 9.32. The molecule has 3 aliphatic heterocycles. The molecule has 0 saturated heterocycles. The van der Waals surface area contributed by atoms with E-state index in [1.165, 1.54) is 166 Å². The van der Waals surface area contributed by atoms with Crippen molar-refractivity contribution >= 4 is 57.2 Å². The number of hydrogen-bond donors (Lipinski definition) is 0. The van der Waals surface area contributed by atoms with Crippen molar-refractivity contribution in [1.29, 1.82) is 0 Å². The SMILES string of the molecule is Cc1cccc(-c2ccc3c(c2)B2c4cc(-c5cccc(C)c5)cc5c4N(c4ccccc4C54C5CC6CC(C5)CC4C6)c4cccc(c42)N3c2ccc(-c3ccc4c(c3)-c3ccccc3-c3ccccc3-c3ccccc3-4)cc2)c1. The molecule has 0 aromatic heterocycles. The summed E-state index contributed by atoms with van der Waals surface area (Å²) in [7, 11) is 0. The van der Waals surface area contributed by atoms with Crippen LogP contribution in [0.4, 0.5) is 34.1 Å².